The Bertz CT molecular complexity index is 420. The molecule has 102 valence electrons. The van der Waals surface area contributed by atoms with Gasteiger partial charge in [-0.2, -0.15) is 5.26 Å². The summed E-state index contributed by atoms with van der Waals surface area (Å²) in [4.78, 5) is 2.40. The first-order valence-electron chi connectivity index (χ1n) is 7.07. The van der Waals surface area contributed by atoms with Crippen molar-refractivity contribution >= 4 is 0 Å². The fourth-order valence-electron chi connectivity index (χ4n) is 2.66. The lowest BCUT2D eigenvalue weighted by molar-refractivity contribution is 0.0353. The Hall–Kier alpha value is -1.37. The molecule has 0 spiro atoms. The largest absolute Gasteiger partial charge is 0.379 e. The molecule has 2 rings (SSSR count). The lowest BCUT2D eigenvalue weighted by Crippen LogP contribution is -2.39. The number of benzene rings is 1. The van der Waals surface area contributed by atoms with E-state index in [9.17, 15) is 5.26 Å². The molecule has 1 atom stereocenters. The minimum absolute atomic E-state index is 0.348. The molecule has 1 aliphatic heterocycles. The molecule has 0 amide bonds. The van der Waals surface area contributed by atoms with Crippen molar-refractivity contribution in [1.82, 2.24) is 4.90 Å². The highest BCUT2D eigenvalue weighted by Gasteiger charge is 2.30. The second-order valence-corrected chi connectivity index (χ2v) is 5.12. The Labute approximate surface area is 115 Å². The Morgan fingerprint density at radius 3 is 2.53 bits per heavy atom. The van der Waals surface area contributed by atoms with Crippen LogP contribution in [0.15, 0.2) is 30.3 Å². The molecule has 0 bridgehead atoms. The lowest BCUT2D eigenvalue weighted by atomic mass is 9.76. The van der Waals surface area contributed by atoms with Crippen LogP contribution in [0.25, 0.3) is 0 Å². The molecule has 0 saturated carbocycles. The van der Waals surface area contributed by atoms with Gasteiger partial charge in [-0.1, -0.05) is 37.3 Å². The average molecular weight is 258 g/mol. The lowest BCUT2D eigenvalue weighted by Gasteiger charge is -2.31. The molecular formula is C16H22N2O. The van der Waals surface area contributed by atoms with Gasteiger partial charge in [0.2, 0.25) is 0 Å². The molecule has 0 aromatic heterocycles. The van der Waals surface area contributed by atoms with Crippen LogP contribution in [0.4, 0.5) is 0 Å². The maximum atomic E-state index is 9.67. The van der Waals surface area contributed by atoms with Crippen molar-refractivity contribution in [2.75, 3.05) is 32.8 Å². The smallest absolute Gasteiger partial charge is 0.0831 e. The van der Waals surface area contributed by atoms with E-state index in [1.165, 1.54) is 0 Å². The first kappa shape index (κ1) is 14.0. The van der Waals surface area contributed by atoms with Crippen LogP contribution in [-0.2, 0) is 10.2 Å². The summed E-state index contributed by atoms with van der Waals surface area (Å²) < 4.78 is 5.36. The van der Waals surface area contributed by atoms with Crippen molar-refractivity contribution in [3.63, 3.8) is 0 Å². The second-order valence-electron chi connectivity index (χ2n) is 5.12. The number of hydrogen-bond acceptors (Lipinski definition) is 3. The van der Waals surface area contributed by atoms with Gasteiger partial charge in [0.1, 0.15) is 0 Å². The number of nitrogens with zero attached hydrogens (tertiary/aromatic N) is 2. The van der Waals surface area contributed by atoms with Gasteiger partial charge in [-0.3, -0.25) is 4.90 Å². The summed E-state index contributed by atoms with van der Waals surface area (Å²) >= 11 is 0. The molecular weight excluding hydrogens is 236 g/mol. The third-order valence-corrected chi connectivity index (χ3v) is 4.10. The fourth-order valence-corrected chi connectivity index (χ4v) is 2.66. The Balaban J connectivity index is 2.05. The maximum Gasteiger partial charge on any atom is 0.0831 e. The first-order valence-corrected chi connectivity index (χ1v) is 7.07. The average Bonchev–Trinajstić information content (AvgIpc) is 2.51. The highest BCUT2D eigenvalue weighted by Crippen LogP contribution is 2.31. The summed E-state index contributed by atoms with van der Waals surface area (Å²) in [5.74, 6) is 0. The monoisotopic (exact) mass is 258 g/mol. The molecule has 1 aromatic rings. The minimum Gasteiger partial charge on any atom is -0.379 e. The summed E-state index contributed by atoms with van der Waals surface area (Å²) in [6, 6.07) is 12.8. The quantitative estimate of drug-likeness (QED) is 0.814. The molecule has 1 fully saturated rings. The zero-order valence-corrected chi connectivity index (χ0v) is 11.6. The predicted molar refractivity (Wildman–Crippen MR) is 75.9 cm³/mol. The summed E-state index contributed by atoms with van der Waals surface area (Å²) in [5.41, 5.74) is 0.799. The van der Waals surface area contributed by atoms with Gasteiger partial charge in [0.15, 0.2) is 0 Å². The second kappa shape index (κ2) is 6.70. The molecule has 0 unspecified atom stereocenters. The SMILES string of the molecule is CC[C@@](C#N)(CCN1CCOCC1)c1ccccc1. The number of morpholine rings is 1. The Morgan fingerprint density at radius 1 is 1.26 bits per heavy atom. The molecule has 1 heterocycles. The minimum atomic E-state index is -0.348. The van der Waals surface area contributed by atoms with Crippen molar-refractivity contribution in [3.05, 3.63) is 35.9 Å². The van der Waals surface area contributed by atoms with Gasteiger partial charge in [-0.25, -0.2) is 0 Å². The van der Waals surface area contributed by atoms with Gasteiger partial charge in [0.25, 0.3) is 0 Å². The molecule has 0 N–H and O–H groups in total. The molecule has 1 saturated heterocycles. The third-order valence-electron chi connectivity index (χ3n) is 4.10. The van der Waals surface area contributed by atoms with Crippen LogP contribution < -0.4 is 0 Å². The van der Waals surface area contributed by atoms with Gasteiger partial charge in [-0.05, 0) is 18.4 Å². The maximum absolute atomic E-state index is 9.67. The molecule has 19 heavy (non-hydrogen) atoms. The molecule has 1 aliphatic rings. The summed E-state index contributed by atoms with van der Waals surface area (Å²) in [5, 5.41) is 9.67. The Kier molecular flexibility index (Phi) is 4.95. The number of rotatable bonds is 5. The van der Waals surface area contributed by atoms with Crippen molar-refractivity contribution in [1.29, 1.82) is 5.26 Å². The zero-order chi connectivity index (χ0) is 13.6. The van der Waals surface area contributed by atoms with E-state index in [4.69, 9.17) is 4.74 Å². The Morgan fingerprint density at radius 2 is 1.95 bits per heavy atom. The molecule has 1 aromatic carbocycles. The third kappa shape index (κ3) is 3.34. The van der Waals surface area contributed by atoms with Gasteiger partial charge in [0.05, 0.1) is 24.7 Å². The standard InChI is InChI=1S/C16H22N2O/c1-2-16(14-17,15-6-4-3-5-7-15)8-9-18-10-12-19-13-11-18/h3-7H,2,8-13H2,1H3/t16-/m0/s1. The molecule has 3 nitrogen and oxygen atoms in total. The van der Waals surface area contributed by atoms with E-state index in [1.807, 2.05) is 18.2 Å². The van der Waals surface area contributed by atoms with Crippen molar-refractivity contribution in [3.8, 4) is 6.07 Å². The number of nitriles is 1. The zero-order valence-electron chi connectivity index (χ0n) is 11.6. The molecule has 0 aliphatic carbocycles. The van der Waals surface area contributed by atoms with E-state index in [0.29, 0.717) is 0 Å². The van der Waals surface area contributed by atoms with Crippen molar-refractivity contribution < 1.29 is 4.74 Å². The van der Waals surface area contributed by atoms with Crippen LogP contribution in [0.2, 0.25) is 0 Å². The highest BCUT2D eigenvalue weighted by molar-refractivity contribution is 5.32. The van der Waals surface area contributed by atoms with E-state index in [2.05, 4.69) is 30.0 Å². The van der Waals surface area contributed by atoms with Crippen LogP contribution in [-0.4, -0.2) is 37.7 Å². The summed E-state index contributed by atoms with van der Waals surface area (Å²) in [6.45, 7) is 6.68. The van der Waals surface area contributed by atoms with Gasteiger partial charge in [0, 0.05) is 19.6 Å². The van der Waals surface area contributed by atoms with Crippen LogP contribution in [0.5, 0.6) is 0 Å². The van der Waals surface area contributed by atoms with Crippen LogP contribution in [0.3, 0.4) is 0 Å². The van der Waals surface area contributed by atoms with Crippen LogP contribution in [0, 0.1) is 11.3 Å². The topological polar surface area (TPSA) is 36.3 Å². The van der Waals surface area contributed by atoms with Crippen LogP contribution in [0.1, 0.15) is 25.3 Å². The van der Waals surface area contributed by atoms with Gasteiger partial charge in [-0.15, -0.1) is 0 Å². The van der Waals surface area contributed by atoms with E-state index < -0.39 is 0 Å². The van der Waals surface area contributed by atoms with Gasteiger partial charge >= 0.3 is 0 Å². The van der Waals surface area contributed by atoms with E-state index in [1.54, 1.807) is 0 Å². The van der Waals surface area contributed by atoms with E-state index in [-0.39, 0.29) is 5.41 Å². The van der Waals surface area contributed by atoms with Crippen LogP contribution >= 0.6 is 0 Å². The predicted octanol–water partition coefficient (Wildman–Crippen LogP) is 2.58. The van der Waals surface area contributed by atoms with E-state index in [0.717, 1.165) is 51.3 Å². The van der Waals surface area contributed by atoms with Crippen molar-refractivity contribution in [2.45, 2.75) is 25.2 Å². The van der Waals surface area contributed by atoms with Gasteiger partial charge < -0.3 is 4.74 Å². The van der Waals surface area contributed by atoms with E-state index >= 15 is 0 Å². The normalized spacial score (nSPS) is 19.6. The fraction of sp³-hybridized carbons (Fsp3) is 0.562. The number of ether oxygens (including phenoxy) is 1. The molecule has 3 heteroatoms. The summed E-state index contributed by atoms with van der Waals surface area (Å²) in [6.07, 6.45) is 1.75. The van der Waals surface area contributed by atoms with Crippen molar-refractivity contribution in [2.24, 2.45) is 0 Å². The number of hydrogen-bond donors (Lipinski definition) is 0. The highest BCUT2D eigenvalue weighted by atomic mass is 16.5. The molecule has 0 radical (unpaired) electrons. The summed E-state index contributed by atoms with van der Waals surface area (Å²) in [7, 11) is 0. The first-order chi connectivity index (χ1) is 9.30.